The van der Waals surface area contributed by atoms with Crippen LogP contribution in [0.1, 0.15) is 37.8 Å². The van der Waals surface area contributed by atoms with Gasteiger partial charge in [-0.05, 0) is 36.5 Å². The Hall–Kier alpha value is -1.95. The second kappa shape index (κ2) is 7.58. The highest BCUT2D eigenvalue weighted by Gasteiger charge is 2.49. The predicted octanol–water partition coefficient (Wildman–Crippen LogP) is 2.62. The van der Waals surface area contributed by atoms with Crippen LogP contribution in [-0.4, -0.2) is 54.5 Å². The maximum atomic E-state index is 13.8. The van der Waals surface area contributed by atoms with Crippen molar-refractivity contribution in [3.05, 3.63) is 35.6 Å². The SMILES string of the molecule is CC(=O)N1C[C@H]2CN(C(=O)CC3CCOCC3)C[C@H]2[C@H]1c1cccc(F)c1. The van der Waals surface area contributed by atoms with Gasteiger partial charge in [0.1, 0.15) is 5.82 Å². The lowest BCUT2D eigenvalue weighted by Crippen LogP contribution is -2.37. The van der Waals surface area contributed by atoms with Crippen LogP contribution in [0.5, 0.6) is 0 Å². The Labute approximate surface area is 159 Å². The molecule has 0 spiro atoms. The summed E-state index contributed by atoms with van der Waals surface area (Å²) in [5.41, 5.74) is 0.830. The fraction of sp³-hybridized carbons (Fsp3) is 0.619. The van der Waals surface area contributed by atoms with E-state index in [1.165, 1.54) is 12.1 Å². The Bertz CT molecular complexity index is 719. The van der Waals surface area contributed by atoms with Gasteiger partial charge in [-0.2, -0.15) is 0 Å². The van der Waals surface area contributed by atoms with Crippen LogP contribution in [0, 0.1) is 23.6 Å². The van der Waals surface area contributed by atoms with Crippen molar-refractivity contribution < 1.29 is 18.7 Å². The number of nitrogens with zero attached hydrogens (tertiary/aromatic N) is 2. The first-order chi connectivity index (χ1) is 13.0. The topological polar surface area (TPSA) is 49.9 Å². The molecule has 1 aromatic rings. The molecule has 6 heteroatoms. The lowest BCUT2D eigenvalue weighted by atomic mass is 9.89. The average molecular weight is 374 g/mol. The number of benzene rings is 1. The van der Waals surface area contributed by atoms with Gasteiger partial charge in [0.2, 0.25) is 11.8 Å². The van der Waals surface area contributed by atoms with Gasteiger partial charge in [0.05, 0.1) is 6.04 Å². The monoisotopic (exact) mass is 374 g/mol. The van der Waals surface area contributed by atoms with Crippen molar-refractivity contribution in [3.63, 3.8) is 0 Å². The van der Waals surface area contributed by atoms with Crippen LogP contribution in [-0.2, 0) is 14.3 Å². The fourth-order valence-corrected chi connectivity index (χ4v) is 5.02. The highest BCUT2D eigenvalue weighted by molar-refractivity contribution is 5.77. The summed E-state index contributed by atoms with van der Waals surface area (Å²) >= 11 is 0. The Morgan fingerprint density at radius 1 is 1.19 bits per heavy atom. The van der Waals surface area contributed by atoms with Gasteiger partial charge in [-0.15, -0.1) is 0 Å². The van der Waals surface area contributed by atoms with Gasteiger partial charge in [-0.25, -0.2) is 4.39 Å². The number of halogens is 1. The smallest absolute Gasteiger partial charge is 0.222 e. The number of rotatable bonds is 3. The van der Waals surface area contributed by atoms with Crippen LogP contribution >= 0.6 is 0 Å². The lowest BCUT2D eigenvalue weighted by Gasteiger charge is -2.30. The predicted molar refractivity (Wildman–Crippen MR) is 98.2 cm³/mol. The molecule has 3 aliphatic heterocycles. The third-order valence-electron chi connectivity index (χ3n) is 6.42. The number of likely N-dealkylation sites (tertiary alicyclic amines) is 2. The number of carbonyl (C=O) groups excluding carboxylic acids is 2. The molecule has 0 N–H and O–H groups in total. The van der Waals surface area contributed by atoms with E-state index in [9.17, 15) is 14.0 Å². The number of ether oxygens (including phenoxy) is 1. The first-order valence-corrected chi connectivity index (χ1v) is 9.91. The van der Waals surface area contributed by atoms with E-state index in [0.29, 0.717) is 32.0 Å². The highest BCUT2D eigenvalue weighted by atomic mass is 19.1. The van der Waals surface area contributed by atoms with Crippen molar-refractivity contribution in [2.24, 2.45) is 17.8 Å². The molecule has 4 rings (SSSR count). The normalized spacial score (nSPS) is 28.4. The zero-order chi connectivity index (χ0) is 19.0. The molecule has 3 fully saturated rings. The van der Waals surface area contributed by atoms with Gasteiger partial charge >= 0.3 is 0 Å². The molecule has 1 aromatic carbocycles. The number of carbonyl (C=O) groups is 2. The van der Waals surface area contributed by atoms with Gasteiger partial charge in [0, 0.05) is 58.0 Å². The molecule has 0 bridgehead atoms. The first kappa shape index (κ1) is 18.4. The first-order valence-electron chi connectivity index (χ1n) is 9.91. The second-order valence-corrected chi connectivity index (χ2v) is 8.15. The fourth-order valence-electron chi connectivity index (χ4n) is 5.02. The summed E-state index contributed by atoms with van der Waals surface area (Å²) in [5, 5.41) is 0. The van der Waals surface area contributed by atoms with Gasteiger partial charge in [0.25, 0.3) is 0 Å². The van der Waals surface area contributed by atoms with E-state index in [1.54, 1.807) is 13.0 Å². The summed E-state index contributed by atoms with van der Waals surface area (Å²) in [7, 11) is 0. The minimum Gasteiger partial charge on any atom is -0.381 e. The third kappa shape index (κ3) is 3.72. The van der Waals surface area contributed by atoms with Crippen molar-refractivity contribution in [3.8, 4) is 0 Å². The molecule has 3 heterocycles. The summed E-state index contributed by atoms with van der Waals surface area (Å²) in [4.78, 5) is 28.8. The van der Waals surface area contributed by atoms with E-state index in [2.05, 4.69) is 0 Å². The van der Waals surface area contributed by atoms with Gasteiger partial charge in [-0.3, -0.25) is 9.59 Å². The number of hydrogen-bond acceptors (Lipinski definition) is 3. The molecule has 0 unspecified atom stereocenters. The second-order valence-electron chi connectivity index (χ2n) is 8.15. The van der Waals surface area contributed by atoms with Crippen LogP contribution in [0.15, 0.2) is 24.3 Å². The highest BCUT2D eigenvalue weighted by Crippen LogP contribution is 2.45. The quantitative estimate of drug-likeness (QED) is 0.817. The molecule has 3 saturated heterocycles. The zero-order valence-electron chi connectivity index (χ0n) is 15.8. The maximum absolute atomic E-state index is 13.8. The van der Waals surface area contributed by atoms with E-state index in [0.717, 1.165) is 31.6 Å². The third-order valence-corrected chi connectivity index (χ3v) is 6.42. The van der Waals surface area contributed by atoms with E-state index < -0.39 is 0 Å². The maximum Gasteiger partial charge on any atom is 0.222 e. The van der Waals surface area contributed by atoms with Crippen molar-refractivity contribution in [2.45, 2.75) is 32.2 Å². The van der Waals surface area contributed by atoms with E-state index >= 15 is 0 Å². The van der Waals surface area contributed by atoms with Crippen LogP contribution in [0.2, 0.25) is 0 Å². The molecule has 27 heavy (non-hydrogen) atoms. The van der Waals surface area contributed by atoms with Crippen molar-refractivity contribution >= 4 is 11.8 Å². The molecule has 0 aliphatic carbocycles. The molecule has 146 valence electrons. The molecule has 3 aliphatic rings. The molecule has 2 amide bonds. The molecule has 3 atom stereocenters. The van der Waals surface area contributed by atoms with Gasteiger partial charge < -0.3 is 14.5 Å². The zero-order valence-corrected chi connectivity index (χ0v) is 15.8. The van der Waals surface area contributed by atoms with E-state index in [4.69, 9.17) is 4.74 Å². The Morgan fingerprint density at radius 2 is 1.96 bits per heavy atom. The largest absolute Gasteiger partial charge is 0.381 e. The molecular weight excluding hydrogens is 347 g/mol. The molecule has 0 radical (unpaired) electrons. The Kier molecular flexibility index (Phi) is 5.17. The van der Waals surface area contributed by atoms with Crippen LogP contribution < -0.4 is 0 Å². The van der Waals surface area contributed by atoms with Gasteiger partial charge in [0.15, 0.2) is 0 Å². The van der Waals surface area contributed by atoms with Crippen LogP contribution in [0.4, 0.5) is 4.39 Å². The van der Waals surface area contributed by atoms with E-state index in [-0.39, 0.29) is 35.5 Å². The minimum absolute atomic E-state index is 0.0127. The van der Waals surface area contributed by atoms with Gasteiger partial charge in [-0.1, -0.05) is 12.1 Å². The molecule has 0 saturated carbocycles. The number of fused-ring (bicyclic) bond motifs is 1. The van der Waals surface area contributed by atoms with Crippen molar-refractivity contribution in [2.75, 3.05) is 32.8 Å². The molecule has 5 nitrogen and oxygen atoms in total. The Balaban J connectivity index is 1.48. The molecular formula is C21H27FN2O3. The van der Waals surface area contributed by atoms with Crippen LogP contribution in [0.25, 0.3) is 0 Å². The summed E-state index contributed by atoms with van der Waals surface area (Å²) in [6.07, 6.45) is 2.50. The summed E-state index contributed by atoms with van der Waals surface area (Å²) in [5.74, 6) is 0.793. The average Bonchev–Trinajstić information content (AvgIpc) is 3.20. The van der Waals surface area contributed by atoms with E-state index in [1.807, 2.05) is 15.9 Å². The molecule has 0 aromatic heterocycles. The standard InChI is InChI=1S/C21H27FN2O3/c1-14(25)24-12-17-11-23(20(26)9-15-5-7-27-8-6-15)13-19(17)21(24)16-3-2-4-18(22)10-16/h2-4,10,15,17,19,21H,5-9,11-13H2,1H3/t17-,19-,21-/m1/s1. The van der Waals surface area contributed by atoms with Crippen molar-refractivity contribution in [1.82, 2.24) is 9.80 Å². The summed E-state index contributed by atoms with van der Waals surface area (Å²) in [6, 6.07) is 6.38. The summed E-state index contributed by atoms with van der Waals surface area (Å²) in [6.45, 7) is 5.06. The van der Waals surface area contributed by atoms with Crippen LogP contribution in [0.3, 0.4) is 0 Å². The number of amides is 2. The Morgan fingerprint density at radius 3 is 2.67 bits per heavy atom. The van der Waals surface area contributed by atoms with Crippen molar-refractivity contribution in [1.29, 1.82) is 0 Å². The number of hydrogen-bond donors (Lipinski definition) is 0. The minimum atomic E-state index is -0.287. The lowest BCUT2D eigenvalue weighted by molar-refractivity contribution is -0.133. The summed E-state index contributed by atoms with van der Waals surface area (Å²) < 4.78 is 19.2.